The van der Waals surface area contributed by atoms with Crippen LogP contribution in [0.25, 0.3) is 5.65 Å². The highest BCUT2D eigenvalue weighted by Gasteiger charge is 1.98. The van der Waals surface area contributed by atoms with E-state index in [1.807, 2.05) is 14.0 Å². The highest BCUT2D eigenvalue weighted by Crippen LogP contribution is 2.07. The summed E-state index contributed by atoms with van der Waals surface area (Å²) in [4.78, 5) is 4.38. The molecule has 2 aromatic heterocycles. The summed E-state index contributed by atoms with van der Waals surface area (Å²) in [6, 6.07) is 4.21. The van der Waals surface area contributed by atoms with E-state index in [-0.39, 0.29) is 0 Å². The summed E-state index contributed by atoms with van der Waals surface area (Å²) in [5.74, 6) is 0. The highest BCUT2D eigenvalue weighted by molar-refractivity contribution is 5.41. The molecular weight excluding hydrogens is 174 g/mol. The van der Waals surface area contributed by atoms with Crippen LogP contribution in [-0.2, 0) is 6.42 Å². The molecule has 0 unspecified atom stereocenters. The number of fused-ring (bicyclic) bond motifs is 1. The van der Waals surface area contributed by atoms with E-state index in [2.05, 4.69) is 39.2 Å². The third-order valence-corrected chi connectivity index (χ3v) is 2.30. The van der Waals surface area contributed by atoms with Crippen LogP contribution in [0.4, 0.5) is 0 Å². The molecule has 3 heteroatoms. The Morgan fingerprint density at radius 1 is 1.36 bits per heavy atom. The normalized spacial score (nSPS) is 11.0. The minimum Gasteiger partial charge on any atom is -0.319 e. The Balaban J connectivity index is 2.31. The first-order valence-corrected chi connectivity index (χ1v) is 4.88. The van der Waals surface area contributed by atoms with Gasteiger partial charge in [0, 0.05) is 12.4 Å². The van der Waals surface area contributed by atoms with Crippen LogP contribution >= 0.6 is 0 Å². The zero-order valence-electron chi connectivity index (χ0n) is 8.62. The second-order valence-corrected chi connectivity index (χ2v) is 3.54. The molecule has 2 rings (SSSR count). The Bertz CT molecular complexity index is 431. The molecule has 0 aliphatic rings. The van der Waals surface area contributed by atoms with Crippen LogP contribution in [0.3, 0.4) is 0 Å². The van der Waals surface area contributed by atoms with E-state index in [0.717, 1.165) is 24.3 Å². The number of imidazole rings is 1. The van der Waals surface area contributed by atoms with Crippen LogP contribution in [0, 0.1) is 6.92 Å². The van der Waals surface area contributed by atoms with Crippen LogP contribution in [0.15, 0.2) is 24.5 Å². The number of pyridine rings is 1. The summed E-state index contributed by atoms with van der Waals surface area (Å²) < 4.78 is 2.08. The molecule has 0 aromatic carbocycles. The molecule has 3 nitrogen and oxygen atoms in total. The topological polar surface area (TPSA) is 29.3 Å². The molecule has 2 aromatic rings. The van der Waals surface area contributed by atoms with Gasteiger partial charge >= 0.3 is 0 Å². The SMILES string of the molecule is CNCCc1ccc2nc(C)cn2c1. The molecule has 0 spiro atoms. The van der Waals surface area contributed by atoms with Crippen LogP contribution in [-0.4, -0.2) is 23.0 Å². The lowest BCUT2D eigenvalue weighted by molar-refractivity contribution is 0.788. The van der Waals surface area contributed by atoms with Crippen LogP contribution in [0.1, 0.15) is 11.3 Å². The fourth-order valence-electron chi connectivity index (χ4n) is 1.58. The molecule has 0 atom stereocenters. The van der Waals surface area contributed by atoms with E-state index in [9.17, 15) is 0 Å². The van der Waals surface area contributed by atoms with E-state index in [1.54, 1.807) is 0 Å². The van der Waals surface area contributed by atoms with Gasteiger partial charge < -0.3 is 9.72 Å². The molecule has 0 amide bonds. The fourth-order valence-corrected chi connectivity index (χ4v) is 1.58. The molecule has 0 saturated carbocycles. The van der Waals surface area contributed by atoms with E-state index in [4.69, 9.17) is 0 Å². The third-order valence-electron chi connectivity index (χ3n) is 2.30. The molecule has 14 heavy (non-hydrogen) atoms. The summed E-state index contributed by atoms with van der Waals surface area (Å²) >= 11 is 0. The summed E-state index contributed by atoms with van der Waals surface area (Å²) in [6.45, 7) is 3.03. The summed E-state index contributed by atoms with van der Waals surface area (Å²) in [6.07, 6.45) is 5.26. The maximum absolute atomic E-state index is 4.38. The monoisotopic (exact) mass is 189 g/mol. The zero-order chi connectivity index (χ0) is 9.97. The Kier molecular flexibility index (Phi) is 2.50. The maximum atomic E-state index is 4.38. The van der Waals surface area contributed by atoms with E-state index in [0.29, 0.717) is 0 Å². The summed E-state index contributed by atoms with van der Waals surface area (Å²) in [5.41, 5.74) is 3.43. The van der Waals surface area contributed by atoms with Gasteiger partial charge in [-0.3, -0.25) is 0 Å². The van der Waals surface area contributed by atoms with Crippen molar-refractivity contribution in [1.82, 2.24) is 14.7 Å². The molecular formula is C11H15N3. The van der Waals surface area contributed by atoms with E-state index >= 15 is 0 Å². The summed E-state index contributed by atoms with van der Waals surface area (Å²) in [5, 5.41) is 3.14. The van der Waals surface area contributed by atoms with Gasteiger partial charge in [-0.15, -0.1) is 0 Å². The number of likely N-dealkylation sites (N-methyl/N-ethyl adjacent to an activating group) is 1. The number of aromatic nitrogens is 2. The first kappa shape index (κ1) is 9.21. The number of nitrogens with zero attached hydrogens (tertiary/aromatic N) is 2. The Morgan fingerprint density at radius 2 is 2.21 bits per heavy atom. The van der Waals surface area contributed by atoms with Gasteiger partial charge in [-0.2, -0.15) is 0 Å². The van der Waals surface area contributed by atoms with Crippen LogP contribution in [0.5, 0.6) is 0 Å². The van der Waals surface area contributed by atoms with Gasteiger partial charge in [0.05, 0.1) is 5.69 Å². The van der Waals surface area contributed by atoms with Crippen molar-refractivity contribution in [3.8, 4) is 0 Å². The first-order chi connectivity index (χ1) is 6.79. The van der Waals surface area contributed by atoms with Crippen LogP contribution < -0.4 is 5.32 Å². The van der Waals surface area contributed by atoms with Crippen LogP contribution in [0.2, 0.25) is 0 Å². The standard InChI is InChI=1S/C11H15N3/c1-9-7-14-8-10(5-6-12-2)3-4-11(14)13-9/h3-4,7-8,12H,5-6H2,1-2H3. The maximum Gasteiger partial charge on any atom is 0.136 e. The minimum absolute atomic E-state index is 1.01. The minimum atomic E-state index is 1.01. The molecule has 74 valence electrons. The number of aryl methyl sites for hydroxylation is 1. The highest BCUT2D eigenvalue weighted by atomic mass is 15.0. The molecule has 0 saturated heterocycles. The lowest BCUT2D eigenvalue weighted by atomic mass is 10.2. The fraction of sp³-hybridized carbons (Fsp3) is 0.364. The first-order valence-electron chi connectivity index (χ1n) is 4.88. The van der Waals surface area contributed by atoms with E-state index in [1.165, 1.54) is 5.56 Å². The van der Waals surface area contributed by atoms with Gasteiger partial charge in [0.1, 0.15) is 5.65 Å². The quantitative estimate of drug-likeness (QED) is 0.791. The van der Waals surface area contributed by atoms with Gasteiger partial charge in [-0.05, 0) is 38.6 Å². The third kappa shape index (κ3) is 1.77. The molecule has 0 fully saturated rings. The number of hydrogen-bond acceptors (Lipinski definition) is 2. The average Bonchev–Trinajstić information content (AvgIpc) is 2.54. The Morgan fingerprint density at radius 3 is 3.00 bits per heavy atom. The number of hydrogen-bond donors (Lipinski definition) is 1. The molecule has 0 bridgehead atoms. The van der Waals surface area contributed by atoms with Crippen molar-refractivity contribution in [2.45, 2.75) is 13.3 Å². The predicted molar refractivity (Wildman–Crippen MR) is 57.6 cm³/mol. The Hall–Kier alpha value is -1.35. The number of nitrogens with one attached hydrogen (secondary N) is 1. The Labute approximate surface area is 83.8 Å². The van der Waals surface area contributed by atoms with Gasteiger partial charge in [-0.25, -0.2) is 4.98 Å². The second kappa shape index (κ2) is 3.80. The number of rotatable bonds is 3. The molecule has 0 aliphatic heterocycles. The van der Waals surface area contributed by atoms with Gasteiger partial charge in [0.15, 0.2) is 0 Å². The summed E-state index contributed by atoms with van der Waals surface area (Å²) in [7, 11) is 1.97. The smallest absolute Gasteiger partial charge is 0.136 e. The molecule has 2 heterocycles. The average molecular weight is 189 g/mol. The zero-order valence-corrected chi connectivity index (χ0v) is 8.62. The lowest BCUT2D eigenvalue weighted by Crippen LogP contribution is -2.10. The van der Waals surface area contributed by atoms with Crippen molar-refractivity contribution in [3.63, 3.8) is 0 Å². The van der Waals surface area contributed by atoms with Crippen molar-refractivity contribution in [3.05, 3.63) is 35.8 Å². The van der Waals surface area contributed by atoms with Crippen molar-refractivity contribution in [1.29, 1.82) is 0 Å². The lowest BCUT2D eigenvalue weighted by Gasteiger charge is -2.01. The van der Waals surface area contributed by atoms with Crippen molar-refractivity contribution >= 4 is 5.65 Å². The largest absolute Gasteiger partial charge is 0.319 e. The van der Waals surface area contributed by atoms with Gasteiger partial charge in [-0.1, -0.05) is 6.07 Å². The second-order valence-electron chi connectivity index (χ2n) is 3.54. The van der Waals surface area contributed by atoms with E-state index < -0.39 is 0 Å². The predicted octanol–water partition coefficient (Wildman–Crippen LogP) is 1.40. The van der Waals surface area contributed by atoms with Crippen molar-refractivity contribution in [2.24, 2.45) is 0 Å². The molecule has 0 radical (unpaired) electrons. The van der Waals surface area contributed by atoms with Crippen molar-refractivity contribution in [2.75, 3.05) is 13.6 Å². The van der Waals surface area contributed by atoms with Gasteiger partial charge in [0.2, 0.25) is 0 Å². The van der Waals surface area contributed by atoms with Crippen molar-refractivity contribution < 1.29 is 0 Å². The molecule has 1 N–H and O–H groups in total. The molecule has 0 aliphatic carbocycles. The van der Waals surface area contributed by atoms with Gasteiger partial charge in [0.25, 0.3) is 0 Å².